The van der Waals surface area contributed by atoms with Crippen molar-refractivity contribution in [3.63, 3.8) is 0 Å². The van der Waals surface area contributed by atoms with Crippen LogP contribution >= 0.6 is 23.4 Å². The molecule has 6 heteroatoms. The number of fused-ring (bicyclic) bond motifs is 1. The normalized spacial score (nSPS) is 15.6. The van der Waals surface area contributed by atoms with Crippen molar-refractivity contribution in [1.82, 2.24) is 14.8 Å². The zero-order valence-electron chi connectivity index (χ0n) is 9.90. The fraction of sp³-hybridized carbons (Fsp3) is 0.818. The Balaban J connectivity index is 1.82. The lowest BCUT2D eigenvalue weighted by Crippen LogP contribution is -2.04. The Labute approximate surface area is 111 Å². The van der Waals surface area contributed by atoms with Gasteiger partial charge in [0.1, 0.15) is 5.82 Å². The predicted molar refractivity (Wildman–Crippen MR) is 69.8 cm³/mol. The standard InChI is InChI=1S/C11H18ClN3OS/c12-5-7-16-8-9-17-11-14-13-10-4-2-1-3-6-15(10)11/h1-9H2. The Morgan fingerprint density at radius 1 is 1.24 bits per heavy atom. The molecule has 2 rings (SSSR count). The quantitative estimate of drug-likeness (QED) is 0.454. The summed E-state index contributed by atoms with van der Waals surface area (Å²) < 4.78 is 7.60. The number of nitrogens with zero attached hydrogens (tertiary/aromatic N) is 3. The Hall–Kier alpha value is -0.260. The number of thioether (sulfide) groups is 1. The molecular formula is C11H18ClN3OS. The first-order valence-electron chi connectivity index (χ1n) is 6.10. The zero-order valence-corrected chi connectivity index (χ0v) is 11.5. The van der Waals surface area contributed by atoms with E-state index in [1.54, 1.807) is 11.8 Å². The monoisotopic (exact) mass is 275 g/mol. The van der Waals surface area contributed by atoms with Gasteiger partial charge in [-0.3, -0.25) is 0 Å². The molecule has 0 bridgehead atoms. The summed E-state index contributed by atoms with van der Waals surface area (Å²) in [7, 11) is 0. The molecule has 0 aromatic carbocycles. The maximum Gasteiger partial charge on any atom is 0.191 e. The summed E-state index contributed by atoms with van der Waals surface area (Å²) in [5.41, 5.74) is 0. The molecular weight excluding hydrogens is 258 g/mol. The van der Waals surface area contributed by atoms with Crippen molar-refractivity contribution in [3.05, 3.63) is 5.82 Å². The third kappa shape index (κ3) is 3.86. The summed E-state index contributed by atoms with van der Waals surface area (Å²) in [6, 6.07) is 0. The molecule has 0 atom stereocenters. The predicted octanol–water partition coefficient (Wildman–Crippen LogP) is 2.35. The Bertz CT molecular complexity index is 345. The molecule has 0 aliphatic carbocycles. The van der Waals surface area contributed by atoms with E-state index in [9.17, 15) is 0 Å². The van der Waals surface area contributed by atoms with Gasteiger partial charge in [-0.05, 0) is 12.8 Å². The number of hydrogen-bond acceptors (Lipinski definition) is 4. The highest BCUT2D eigenvalue weighted by atomic mass is 35.5. The van der Waals surface area contributed by atoms with Crippen molar-refractivity contribution in [2.45, 2.75) is 37.4 Å². The second-order valence-electron chi connectivity index (χ2n) is 4.01. The summed E-state index contributed by atoms with van der Waals surface area (Å²) in [5, 5.41) is 9.55. The van der Waals surface area contributed by atoms with Crippen LogP contribution in [0, 0.1) is 0 Å². The van der Waals surface area contributed by atoms with Crippen molar-refractivity contribution in [2.24, 2.45) is 0 Å². The number of hydrogen-bond donors (Lipinski definition) is 0. The van der Waals surface area contributed by atoms with Gasteiger partial charge in [0.2, 0.25) is 0 Å². The lowest BCUT2D eigenvalue weighted by Gasteiger charge is -2.06. The van der Waals surface area contributed by atoms with Crippen molar-refractivity contribution in [2.75, 3.05) is 24.8 Å². The molecule has 0 radical (unpaired) electrons. The molecule has 0 saturated heterocycles. The molecule has 2 heterocycles. The molecule has 0 N–H and O–H groups in total. The van der Waals surface area contributed by atoms with E-state index in [0.29, 0.717) is 12.5 Å². The van der Waals surface area contributed by atoms with Crippen molar-refractivity contribution >= 4 is 23.4 Å². The van der Waals surface area contributed by atoms with E-state index in [0.717, 1.165) is 36.3 Å². The first-order chi connectivity index (χ1) is 8.42. The molecule has 1 aromatic rings. The van der Waals surface area contributed by atoms with Gasteiger partial charge in [0.15, 0.2) is 5.16 Å². The summed E-state index contributed by atoms with van der Waals surface area (Å²) in [4.78, 5) is 0. The molecule has 1 aliphatic rings. The number of rotatable bonds is 6. The molecule has 0 saturated carbocycles. The Morgan fingerprint density at radius 2 is 2.18 bits per heavy atom. The summed E-state index contributed by atoms with van der Waals surface area (Å²) in [6.07, 6.45) is 4.84. The van der Waals surface area contributed by atoms with E-state index >= 15 is 0 Å². The third-order valence-electron chi connectivity index (χ3n) is 2.76. The molecule has 0 fully saturated rings. The van der Waals surface area contributed by atoms with Gasteiger partial charge in [-0.25, -0.2) is 0 Å². The summed E-state index contributed by atoms with van der Waals surface area (Å²) >= 11 is 7.26. The minimum atomic E-state index is 0.561. The van der Waals surface area contributed by atoms with Gasteiger partial charge in [0.25, 0.3) is 0 Å². The zero-order chi connectivity index (χ0) is 11.9. The molecule has 0 amide bonds. The Kier molecular flexibility index (Phi) is 5.61. The molecule has 1 aromatic heterocycles. The second-order valence-corrected chi connectivity index (χ2v) is 5.45. The number of aromatic nitrogens is 3. The minimum absolute atomic E-state index is 0.561. The van der Waals surface area contributed by atoms with E-state index in [1.807, 2.05) is 0 Å². The molecule has 0 spiro atoms. The average molecular weight is 276 g/mol. The largest absolute Gasteiger partial charge is 0.379 e. The van der Waals surface area contributed by atoms with E-state index in [4.69, 9.17) is 16.3 Å². The van der Waals surface area contributed by atoms with Crippen LogP contribution in [0.15, 0.2) is 5.16 Å². The first-order valence-corrected chi connectivity index (χ1v) is 7.62. The van der Waals surface area contributed by atoms with Crippen LogP contribution in [0.2, 0.25) is 0 Å². The molecule has 96 valence electrons. The van der Waals surface area contributed by atoms with Gasteiger partial charge in [0, 0.05) is 24.6 Å². The van der Waals surface area contributed by atoms with Crippen LogP contribution in [0.4, 0.5) is 0 Å². The van der Waals surface area contributed by atoms with Gasteiger partial charge in [-0.1, -0.05) is 18.2 Å². The second kappa shape index (κ2) is 7.24. The highest BCUT2D eigenvalue weighted by molar-refractivity contribution is 7.99. The van der Waals surface area contributed by atoms with Gasteiger partial charge in [-0.15, -0.1) is 21.8 Å². The Morgan fingerprint density at radius 3 is 3.06 bits per heavy atom. The minimum Gasteiger partial charge on any atom is -0.379 e. The lowest BCUT2D eigenvalue weighted by molar-refractivity contribution is 0.166. The molecule has 17 heavy (non-hydrogen) atoms. The highest BCUT2D eigenvalue weighted by Crippen LogP contribution is 2.21. The lowest BCUT2D eigenvalue weighted by atomic mass is 10.2. The average Bonchev–Trinajstić information content (AvgIpc) is 2.59. The van der Waals surface area contributed by atoms with Crippen LogP contribution in [-0.2, 0) is 17.7 Å². The van der Waals surface area contributed by atoms with E-state index < -0.39 is 0 Å². The summed E-state index contributed by atoms with van der Waals surface area (Å²) in [5.74, 6) is 2.62. The van der Waals surface area contributed by atoms with Gasteiger partial charge in [0.05, 0.1) is 13.2 Å². The van der Waals surface area contributed by atoms with E-state index in [2.05, 4.69) is 14.8 Å². The van der Waals surface area contributed by atoms with Crippen LogP contribution in [-0.4, -0.2) is 39.6 Å². The smallest absolute Gasteiger partial charge is 0.191 e. The topological polar surface area (TPSA) is 39.9 Å². The van der Waals surface area contributed by atoms with Crippen molar-refractivity contribution < 1.29 is 4.74 Å². The number of aryl methyl sites for hydroxylation is 1. The maximum atomic E-state index is 5.53. The van der Waals surface area contributed by atoms with Crippen LogP contribution < -0.4 is 0 Å². The third-order valence-corrected chi connectivity index (χ3v) is 3.84. The van der Waals surface area contributed by atoms with Gasteiger partial charge >= 0.3 is 0 Å². The maximum absolute atomic E-state index is 5.53. The van der Waals surface area contributed by atoms with E-state index in [-0.39, 0.29) is 0 Å². The first kappa shape index (κ1) is 13.2. The highest BCUT2D eigenvalue weighted by Gasteiger charge is 2.14. The van der Waals surface area contributed by atoms with E-state index in [1.165, 1.54) is 19.3 Å². The number of alkyl halides is 1. The van der Waals surface area contributed by atoms with Crippen molar-refractivity contribution in [1.29, 1.82) is 0 Å². The number of ether oxygens (including phenoxy) is 1. The fourth-order valence-corrected chi connectivity index (χ4v) is 2.86. The van der Waals surface area contributed by atoms with Gasteiger partial charge < -0.3 is 9.30 Å². The SMILES string of the molecule is ClCCOCCSc1nnc2n1CCCCC2. The number of halogens is 1. The van der Waals surface area contributed by atoms with Gasteiger partial charge in [-0.2, -0.15) is 0 Å². The molecule has 4 nitrogen and oxygen atoms in total. The van der Waals surface area contributed by atoms with Crippen LogP contribution in [0.3, 0.4) is 0 Å². The molecule has 0 unspecified atom stereocenters. The molecule has 1 aliphatic heterocycles. The van der Waals surface area contributed by atoms with Crippen LogP contribution in [0.5, 0.6) is 0 Å². The summed E-state index contributed by atoms with van der Waals surface area (Å²) in [6.45, 7) is 2.41. The van der Waals surface area contributed by atoms with Crippen molar-refractivity contribution in [3.8, 4) is 0 Å². The van der Waals surface area contributed by atoms with Crippen LogP contribution in [0.25, 0.3) is 0 Å². The fourth-order valence-electron chi connectivity index (χ4n) is 1.91. The van der Waals surface area contributed by atoms with Crippen LogP contribution in [0.1, 0.15) is 25.1 Å².